The van der Waals surface area contributed by atoms with Gasteiger partial charge in [0.2, 0.25) is 12.7 Å². The smallest absolute Gasteiger partial charge is 0.317 e. The van der Waals surface area contributed by atoms with Gasteiger partial charge in [-0.2, -0.15) is 5.10 Å². The predicted molar refractivity (Wildman–Crippen MR) is 92.2 cm³/mol. The van der Waals surface area contributed by atoms with E-state index in [9.17, 15) is 4.79 Å². The molecule has 8 nitrogen and oxygen atoms in total. The lowest BCUT2D eigenvalue weighted by molar-refractivity contribution is 0.174. The molecule has 1 aromatic heterocycles. The summed E-state index contributed by atoms with van der Waals surface area (Å²) in [5.41, 5.74) is 1.80. The molecule has 26 heavy (non-hydrogen) atoms. The first-order chi connectivity index (χ1) is 12.7. The second kappa shape index (κ2) is 7.07. The number of benzene rings is 1. The van der Waals surface area contributed by atoms with Crippen LogP contribution in [0.1, 0.15) is 17.7 Å². The minimum absolute atomic E-state index is 0.0664. The third-order valence-corrected chi connectivity index (χ3v) is 4.37. The fraction of sp³-hybridized carbons (Fsp3) is 0.389. The van der Waals surface area contributed by atoms with Crippen LogP contribution < -0.4 is 19.5 Å². The normalized spacial score (nSPS) is 18.0. The van der Waals surface area contributed by atoms with Gasteiger partial charge in [-0.15, -0.1) is 5.10 Å². The summed E-state index contributed by atoms with van der Waals surface area (Å²) in [6, 6.07) is 9.20. The predicted octanol–water partition coefficient (Wildman–Crippen LogP) is 1.88. The van der Waals surface area contributed by atoms with E-state index >= 15 is 0 Å². The summed E-state index contributed by atoms with van der Waals surface area (Å²) in [5.74, 6) is 1.94. The van der Waals surface area contributed by atoms with Crippen molar-refractivity contribution >= 4 is 6.03 Å². The molecular formula is C18H20N4O4. The van der Waals surface area contributed by atoms with E-state index in [0.717, 1.165) is 23.4 Å². The van der Waals surface area contributed by atoms with E-state index in [1.165, 1.54) is 0 Å². The molecule has 0 spiro atoms. The maximum absolute atomic E-state index is 12.4. The number of fused-ring (bicyclic) bond motifs is 1. The zero-order chi connectivity index (χ0) is 17.9. The standard InChI is InChI=1S/C18H20N4O4/c1-12-2-5-17(21-20-12)26-14-6-7-22(10-14)18(23)19-9-13-3-4-15-16(8-13)25-11-24-15/h2-5,8,14H,6-7,9-11H2,1H3,(H,19,23)/t14-/m0/s1. The summed E-state index contributed by atoms with van der Waals surface area (Å²) in [5, 5.41) is 10.9. The summed E-state index contributed by atoms with van der Waals surface area (Å²) >= 11 is 0. The van der Waals surface area contributed by atoms with Crippen LogP contribution in [-0.2, 0) is 6.54 Å². The number of nitrogens with one attached hydrogen (secondary N) is 1. The van der Waals surface area contributed by atoms with Crippen molar-refractivity contribution in [3.8, 4) is 17.4 Å². The molecular weight excluding hydrogens is 336 g/mol. The molecule has 2 aliphatic rings. The minimum Gasteiger partial charge on any atom is -0.471 e. The van der Waals surface area contributed by atoms with Crippen LogP contribution in [0.4, 0.5) is 4.79 Å². The molecule has 3 heterocycles. The van der Waals surface area contributed by atoms with E-state index in [1.54, 1.807) is 11.0 Å². The lowest BCUT2D eigenvalue weighted by Crippen LogP contribution is -2.39. The summed E-state index contributed by atoms with van der Waals surface area (Å²) in [7, 11) is 0. The van der Waals surface area contributed by atoms with Crippen LogP contribution in [0, 0.1) is 6.92 Å². The largest absolute Gasteiger partial charge is 0.471 e. The van der Waals surface area contributed by atoms with Gasteiger partial charge in [-0.25, -0.2) is 4.79 Å². The van der Waals surface area contributed by atoms with Crippen LogP contribution in [0.25, 0.3) is 0 Å². The average molecular weight is 356 g/mol. The van der Waals surface area contributed by atoms with Crippen molar-refractivity contribution in [2.45, 2.75) is 26.0 Å². The van der Waals surface area contributed by atoms with Crippen molar-refractivity contribution < 1.29 is 19.0 Å². The number of carbonyl (C=O) groups excluding carboxylic acids is 1. The number of carbonyl (C=O) groups is 1. The Morgan fingerprint density at radius 1 is 1.27 bits per heavy atom. The van der Waals surface area contributed by atoms with Gasteiger partial charge in [0.15, 0.2) is 11.5 Å². The highest BCUT2D eigenvalue weighted by atomic mass is 16.7. The number of likely N-dealkylation sites (tertiary alicyclic amines) is 1. The van der Waals surface area contributed by atoms with E-state index < -0.39 is 0 Å². The van der Waals surface area contributed by atoms with Crippen molar-refractivity contribution in [2.75, 3.05) is 19.9 Å². The summed E-state index contributed by atoms with van der Waals surface area (Å²) < 4.78 is 16.4. The second-order valence-electron chi connectivity index (χ2n) is 6.33. The number of nitrogens with zero attached hydrogens (tertiary/aromatic N) is 3. The van der Waals surface area contributed by atoms with E-state index in [-0.39, 0.29) is 18.9 Å². The van der Waals surface area contributed by atoms with E-state index in [1.807, 2.05) is 31.2 Å². The minimum atomic E-state index is -0.108. The quantitative estimate of drug-likeness (QED) is 0.900. The lowest BCUT2D eigenvalue weighted by atomic mass is 10.2. The Kier molecular flexibility index (Phi) is 4.47. The summed E-state index contributed by atoms with van der Waals surface area (Å²) in [4.78, 5) is 14.1. The molecule has 0 saturated carbocycles. The van der Waals surface area contributed by atoms with Crippen LogP contribution in [-0.4, -0.2) is 47.1 Å². The Labute approximate surface area is 151 Å². The molecule has 0 unspecified atom stereocenters. The van der Waals surface area contributed by atoms with Gasteiger partial charge in [0.25, 0.3) is 0 Å². The van der Waals surface area contributed by atoms with Gasteiger partial charge in [0.05, 0.1) is 12.2 Å². The Bertz CT molecular complexity index is 796. The number of aryl methyl sites for hydroxylation is 1. The molecule has 1 saturated heterocycles. The van der Waals surface area contributed by atoms with Gasteiger partial charge in [-0.1, -0.05) is 6.07 Å². The van der Waals surface area contributed by atoms with Crippen molar-refractivity contribution in [3.63, 3.8) is 0 Å². The Morgan fingerprint density at radius 3 is 3.00 bits per heavy atom. The van der Waals surface area contributed by atoms with Crippen LogP contribution in [0.5, 0.6) is 17.4 Å². The van der Waals surface area contributed by atoms with Crippen LogP contribution in [0.3, 0.4) is 0 Å². The number of amides is 2. The fourth-order valence-corrected chi connectivity index (χ4v) is 2.97. The average Bonchev–Trinajstić information content (AvgIpc) is 3.30. The summed E-state index contributed by atoms with van der Waals surface area (Å²) in [6.07, 6.45) is 0.704. The van der Waals surface area contributed by atoms with E-state index in [2.05, 4.69) is 15.5 Å². The first-order valence-corrected chi connectivity index (χ1v) is 8.56. The number of rotatable bonds is 4. The van der Waals surface area contributed by atoms with Crippen LogP contribution >= 0.6 is 0 Å². The molecule has 8 heteroatoms. The van der Waals surface area contributed by atoms with Crippen LogP contribution in [0.15, 0.2) is 30.3 Å². The van der Waals surface area contributed by atoms with Gasteiger partial charge >= 0.3 is 6.03 Å². The maximum atomic E-state index is 12.4. The first-order valence-electron chi connectivity index (χ1n) is 8.56. The highest BCUT2D eigenvalue weighted by Crippen LogP contribution is 2.32. The molecule has 2 aliphatic heterocycles. The molecule has 1 fully saturated rings. The van der Waals surface area contributed by atoms with Gasteiger partial charge in [0, 0.05) is 25.6 Å². The van der Waals surface area contributed by atoms with Gasteiger partial charge in [-0.05, 0) is 30.7 Å². The zero-order valence-electron chi connectivity index (χ0n) is 14.5. The lowest BCUT2D eigenvalue weighted by Gasteiger charge is -2.17. The SMILES string of the molecule is Cc1ccc(O[C@H]2CCN(C(=O)NCc3ccc4c(c3)OCO4)C2)nn1. The molecule has 1 N–H and O–H groups in total. The molecule has 0 bridgehead atoms. The number of hydrogen-bond acceptors (Lipinski definition) is 6. The maximum Gasteiger partial charge on any atom is 0.317 e. The Morgan fingerprint density at radius 2 is 2.15 bits per heavy atom. The topological polar surface area (TPSA) is 85.8 Å². The van der Waals surface area contributed by atoms with Crippen LogP contribution in [0.2, 0.25) is 0 Å². The van der Waals surface area contributed by atoms with Crippen molar-refractivity contribution in [1.29, 1.82) is 0 Å². The molecule has 0 aliphatic carbocycles. The Balaban J connectivity index is 1.27. The molecule has 2 amide bonds. The van der Waals surface area contributed by atoms with Gasteiger partial charge < -0.3 is 24.4 Å². The molecule has 4 rings (SSSR count). The molecule has 0 radical (unpaired) electrons. The number of hydrogen-bond donors (Lipinski definition) is 1. The van der Waals surface area contributed by atoms with E-state index in [4.69, 9.17) is 14.2 Å². The van der Waals surface area contributed by atoms with Gasteiger partial charge in [0.1, 0.15) is 6.10 Å². The third-order valence-electron chi connectivity index (χ3n) is 4.37. The molecule has 1 aromatic carbocycles. The fourth-order valence-electron chi connectivity index (χ4n) is 2.97. The molecule has 1 atom stereocenters. The first kappa shape index (κ1) is 16.4. The number of urea groups is 1. The van der Waals surface area contributed by atoms with Gasteiger partial charge in [-0.3, -0.25) is 0 Å². The highest BCUT2D eigenvalue weighted by Gasteiger charge is 2.28. The van der Waals surface area contributed by atoms with Crippen molar-refractivity contribution in [2.24, 2.45) is 0 Å². The highest BCUT2D eigenvalue weighted by molar-refractivity contribution is 5.74. The second-order valence-corrected chi connectivity index (χ2v) is 6.33. The van der Waals surface area contributed by atoms with Crippen molar-refractivity contribution in [3.05, 3.63) is 41.6 Å². The van der Waals surface area contributed by atoms with E-state index in [0.29, 0.717) is 31.3 Å². The molecule has 136 valence electrons. The summed E-state index contributed by atoms with van der Waals surface area (Å²) in [6.45, 7) is 3.73. The third kappa shape index (κ3) is 3.63. The van der Waals surface area contributed by atoms with Crippen molar-refractivity contribution in [1.82, 2.24) is 20.4 Å². The molecule has 2 aromatic rings. The monoisotopic (exact) mass is 356 g/mol. The zero-order valence-corrected chi connectivity index (χ0v) is 14.5. The number of ether oxygens (including phenoxy) is 3. The Hall–Kier alpha value is -3.03. The number of aromatic nitrogens is 2.